The van der Waals surface area contributed by atoms with Crippen molar-refractivity contribution in [2.24, 2.45) is 0 Å². The summed E-state index contributed by atoms with van der Waals surface area (Å²) in [6.07, 6.45) is 0. The second-order valence-electron chi connectivity index (χ2n) is 7.23. The zero-order chi connectivity index (χ0) is 18.3. The van der Waals surface area contributed by atoms with Crippen LogP contribution in [0.1, 0.15) is 38.2 Å². The van der Waals surface area contributed by atoms with Crippen LogP contribution in [0.15, 0.2) is 60.7 Å². The predicted octanol–water partition coefficient (Wildman–Crippen LogP) is 5.43. The van der Waals surface area contributed by atoms with Crippen molar-refractivity contribution in [2.75, 3.05) is 0 Å². The molecule has 0 aliphatic carbocycles. The van der Waals surface area contributed by atoms with Gasteiger partial charge < -0.3 is 4.90 Å². The van der Waals surface area contributed by atoms with Crippen molar-refractivity contribution in [1.82, 2.24) is 4.90 Å². The van der Waals surface area contributed by atoms with Crippen molar-refractivity contribution in [3.8, 4) is 11.1 Å². The van der Waals surface area contributed by atoms with Gasteiger partial charge in [0.25, 0.3) is 5.91 Å². The second-order valence-corrected chi connectivity index (χ2v) is 7.23. The number of fused-ring (bicyclic) bond motifs is 1. The van der Waals surface area contributed by atoms with E-state index in [0.29, 0.717) is 13.1 Å². The first-order valence-corrected chi connectivity index (χ1v) is 9.08. The first kappa shape index (κ1) is 16.6. The van der Waals surface area contributed by atoms with Crippen molar-refractivity contribution >= 4 is 5.91 Å². The maximum atomic E-state index is 13.0. The molecular weight excluding hydrogens is 318 g/mol. The van der Waals surface area contributed by atoms with Crippen molar-refractivity contribution in [2.45, 2.75) is 33.9 Å². The molecule has 1 aliphatic rings. The maximum absolute atomic E-state index is 13.0. The lowest BCUT2D eigenvalue weighted by atomic mass is 9.90. The van der Waals surface area contributed by atoms with Gasteiger partial charge in [-0.3, -0.25) is 4.79 Å². The number of carbonyl (C=O) groups is 1. The Kier molecular flexibility index (Phi) is 4.12. The number of amides is 1. The van der Waals surface area contributed by atoms with Gasteiger partial charge in [-0.2, -0.15) is 0 Å². The molecule has 0 aromatic heterocycles. The molecule has 130 valence electrons. The second kappa shape index (κ2) is 6.45. The third-order valence-electron chi connectivity index (χ3n) is 5.34. The molecule has 4 rings (SSSR count). The number of carbonyl (C=O) groups excluding carboxylic acids is 1. The third-order valence-corrected chi connectivity index (χ3v) is 5.34. The van der Waals surface area contributed by atoms with Gasteiger partial charge in [-0.05, 0) is 54.2 Å². The van der Waals surface area contributed by atoms with Crippen molar-refractivity contribution in [3.05, 3.63) is 94.0 Å². The molecule has 0 radical (unpaired) electrons. The van der Waals surface area contributed by atoms with E-state index in [1.54, 1.807) is 0 Å². The maximum Gasteiger partial charge on any atom is 0.255 e. The summed E-state index contributed by atoms with van der Waals surface area (Å²) in [6, 6.07) is 21.0. The van der Waals surface area contributed by atoms with Crippen LogP contribution in [0.4, 0.5) is 0 Å². The molecule has 2 heteroatoms. The van der Waals surface area contributed by atoms with Crippen LogP contribution in [-0.2, 0) is 13.1 Å². The quantitative estimate of drug-likeness (QED) is 0.621. The first-order valence-electron chi connectivity index (χ1n) is 9.08. The molecule has 1 amide bonds. The molecule has 0 atom stereocenters. The van der Waals surface area contributed by atoms with E-state index in [4.69, 9.17) is 0 Å². The van der Waals surface area contributed by atoms with Gasteiger partial charge in [0.1, 0.15) is 0 Å². The summed E-state index contributed by atoms with van der Waals surface area (Å²) < 4.78 is 0. The molecular formula is C24H23NO. The average molecular weight is 341 g/mol. The van der Waals surface area contributed by atoms with E-state index in [2.05, 4.69) is 63.2 Å². The zero-order valence-corrected chi connectivity index (χ0v) is 15.5. The van der Waals surface area contributed by atoms with Crippen LogP contribution in [0.25, 0.3) is 11.1 Å². The Morgan fingerprint density at radius 3 is 2.31 bits per heavy atom. The predicted molar refractivity (Wildman–Crippen MR) is 106 cm³/mol. The molecule has 0 unspecified atom stereocenters. The van der Waals surface area contributed by atoms with Gasteiger partial charge in [-0.25, -0.2) is 0 Å². The highest BCUT2D eigenvalue weighted by Gasteiger charge is 2.31. The van der Waals surface area contributed by atoms with Crippen LogP contribution < -0.4 is 0 Å². The van der Waals surface area contributed by atoms with E-state index in [0.717, 1.165) is 11.1 Å². The van der Waals surface area contributed by atoms with E-state index < -0.39 is 0 Å². The highest BCUT2D eigenvalue weighted by molar-refractivity contribution is 6.01. The minimum Gasteiger partial charge on any atom is -0.330 e. The topological polar surface area (TPSA) is 20.3 Å². The smallest absolute Gasteiger partial charge is 0.255 e. The monoisotopic (exact) mass is 341 g/mol. The summed E-state index contributed by atoms with van der Waals surface area (Å²) in [5.41, 5.74) is 9.25. The molecule has 3 aromatic rings. The van der Waals surface area contributed by atoms with E-state index in [9.17, 15) is 4.79 Å². The molecule has 0 bridgehead atoms. The van der Waals surface area contributed by atoms with Gasteiger partial charge in [0.2, 0.25) is 0 Å². The Balaban J connectivity index is 1.72. The number of hydrogen-bond acceptors (Lipinski definition) is 1. The van der Waals surface area contributed by atoms with E-state index >= 15 is 0 Å². The van der Waals surface area contributed by atoms with Crippen molar-refractivity contribution in [1.29, 1.82) is 0 Å². The zero-order valence-electron chi connectivity index (χ0n) is 15.5. The summed E-state index contributed by atoms with van der Waals surface area (Å²) in [7, 11) is 0. The lowest BCUT2D eigenvalue weighted by Crippen LogP contribution is -2.23. The molecule has 0 spiro atoms. The van der Waals surface area contributed by atoms with E-state index in [-0.39, 0.29) is 5.91 Å². The fourth-order valence-corrected chi connectivity index (χ4v) is 3.87. The Morgan fingerprint density at radius 2 is 1.62 bits per heavy atom. The van der Waals surface area contributed by atoms with Gasteiger partial charge in [0.05, 0.1) is 0 Å². The lowest BCUT2D eigenvalue weighted by Gasteiger charge is -2.15. The fourth-order valence-electron chi connectivity index (χ4n) is 3.87. The van der Waals surface area contributed by atoms with Crippen LogP contribution in [0.2, 0.25) is 0 Å². The largest absolute Gasteiger partial charge is 0.330 e. The molecule has 26 heavy (non-hydrogen) atoms. The molecule has 0 saturated carbocycles. The lowest BCUT2D eigenvalue weighted by molar-refractivity contribution is 0.0766. The SMILES string of the molecule is Cc1ccc(-c2cc(C)c3c(c2C)CN(Cc2ccccc2)C3=O)cc1. The molecule has 0 saturated heterocycles. The number of rotatable bonds is 3. The Morgan fingerprint density at radius 1 is 0.923 bits per heavy atom. The van der Waals surface area contributed by atoms with Gasteiger partial charge in [-0.15, -0.1) is 0 Å². The number of aryl methyl sites for hydroxylation is 2. The van der Waals surface area contributed by atoms with Gasteiger partial charge in [0.15, 0.2) is 0 Å². The summed E-state index contributed by atoms with van der Waals surface area (Å²) >= 11 is 0. The summed E-state index contributed by atoms with van der Waals surface area (Å²) in [5, 5.41) is 0. The summed E-state index contributed by atoms with van der Waals surface area (Å²) in [5.74, 6) is 0.153. The molecule has 3 aromatic carbocycles. The van der Waals surface area contributed by atoms with E-state index in [1.807, 2.05) is 23.1 Å². The minimum atomic E-state index is 0.153. The van der Waals surface area contributed by atoms with Crippen LogP contribution in [-0.4, -0.2) is 10.8 Å². The van der Waals surface area contributed by atoms with Crippen LogP contribution in [0.5, 0.6) is 0 Å². The third kappa shape index (κ3) is 2.82. The van der Waals surface area contributed by atoms with Gasteiger partial charge in [0, 0.05) is 18.7 Å². The van der Waals surface area contributed by atoms with E-state index in [1.165, 1.54) is 33.4 Å². The normalized spacial score (nSPS) is 13.2. The van der Waals surface area contributed by atoms with Crippen LogP contribution in [0, 0.1) is 20.8 Å². The average Bonchev–Trinajstić information content (AvgIpc) is 2.97. The highest BCUT2D eigenvalue weighted by atomic mass is 16.2. The highest BCUT2D eigenvalue weighted by Crippen LogP contribution is 2.36. The number of benzene rings is 3. The fraction of sp³-hybridized carbons (Fsp3) is 0.208. The molecule has 1 aliphatic heterocycles. The Hall–Kier alpha value is -2.87. The standard InChI is InChI=1S/C24H23NO/c1-16-9-11-20(12-10-16)21-13-17(2)23-22(18(21)3)15-25(24(23)26)14-19-7-5-4-6-8-19/h4-13H,14-15H2,1-3H3. The Labute approximate surface area is 155 Å². The van der Waals surface area contributed by atoms with Crippen molar-refractivity contribution < 1.29 is 4.79 Å². The molecule has 0 N–H and O–H groups in total. The van der Waals surface area contributed by atoms with Crippen LogP contribution in [0.3, 0.4) is 0 Å². The van der Waals surface area contributed by atoms with Gasteiger partial charge in [-0.1, -0.05) is 66.2 Å². The number of nitrogens with zero attached hydrogens (tertiary/aromatic N) is 1. The summed E-state index contributed by atoms with van der Waals surface area (Å²) in [4.78, 5) is 14.9. The molecule has 1 heterocycles. The van der Waals surface area contributed by atoms with Crippen molar-refractivity contribution in [3.63, 3.8) is 0 Å². The van der Waals surface area contributed by atoms with Crippen LogP contribution >= 0.6 is 0 Å². The first-order chi connectivity index (χ1) is 12.5. The minimum absolute atomic E-state index is 0.153. The number of hydrogen-bond donors (Lipinski definition) is 0. The Bertz CT molecular complexity index is 971. The molecule has 0 fully saturated rings. The molecule has 2 nitrogen and oxygen atoms in total. The van der Waals surface area contributed by atoms with Gasteiger partial charge >= 0.3 is 0 Å². The summed E-state index contributed by atoms with van der Waals surface area (Å²) in [6.45, 7) is 7.65.